The fourth-order valence-electron chi connectivity index (χ4n) is 1.73. The zero-order valence-corrected chi connectivity index (χ0v) is 9.00. The second kappa shape index (κ2) is 4.35. The van der Waals surface area contributed by atoms with E-state index in [1.165, 1.54) is 6.07 Å². The monoisotopic (exact) mass is 244 g/mol. The molecule has 17 heavy (non-hydrogen) atoms. The van der Waals surface area contributed by atoms with Crippen molar-refractivity contribution in [3.05, 3.63) is 23.9 Å². The molecule has 2 heterocycles. The van der Waals surface area contributed by atoms with Gasteiger partial charge in [0.05, 0.1) is 5.56 Å². The van der Waals surface area contributed by atoms with E-state index >= 15 is 0 Å². The fourth-order valence-corrected chi connectivity index (χ4v) is 1.73. The molecule has 0 bridgehead atoms. The van der Waals surface area contributed by atoms with E-state index in [4.69, 9.17) is 0 Å². The molecule has 0 radical (unpaired) electrons. The lowest BCUT2D eigenvalue weighted by molar-refractivity contribution is -0.137. The van der Waals surface area contributed by atoms with Gasteiger partial charge in [-0.1, -0.05) is 0 Å². The van der Waals surface area contributed by atoms with Crippen LogP contribution in [0.5, 0.6) is 0 Å². The van der Waals surface area contributed by atoms with Crippen LogP contribution in [0.2, 0.25) is 0 Å². The molecule has 3 nitrogen and oxygen atoms in total. The number of hydrogen-bond donors (Lipinski definition) is 0. The largest absolute Gasteiger partial charge is 0.417 e. The van der Waals surface area contributed by atoms with Crippen molar-refractivity contribution in [1.82, 2.24) is 4.98 Å². The van der Waals surface area contributed by atoms with Crippen molar-refractivity contribution in [3.8, 4) is 0 Å². The molecule has 0 N–H and O–H groups in total. The van der Waals surface area contributed by atoms with Gasteiger partial charge in [0, 0.05) is 32.1 Å². The third-order valence-corrected chi connectivity index (χ3v) is 2.72. The van der Waals surface area contributed by atoms with Gasteiger partial charge >= 0.3 is 6.18 Å². The smallest absolute Gasteiger partial charge is 0.356 e. The quantitative estimate of drug-likeness (QED) is 0.759. The van der Waals surface area contributed by atoms with Gasteiger partial charge in [-0.05, 0) is 12.1 Å². The maximum atomic E-state index is 12.3. The summed E-state index contributed by atoms with van der Waals surface area (Å²) in [5.74, 6) is 0.679. The molecule has 1 aromatic rings. The summed E-state index contributed by atoms with van der Waals surface area (Å²) in [6, 6.07) is 2.36. The van der Waals surface area contributed by atoms with E-state index in [9.17, 15) is 18.0 Å². The van der Waals surface area contributed by atoms with Gasteiger partial charge in [0.25, 0.3) is 0 Å². The standard InChI is InChI=1S/C11H11F3N2O/c12-11(13,14)8-1-2-10(15-7-8)16-5-3-9(17)4-6-16/h1-2,7H,3-6H2. The summed E-state index contributed by atoms with van der Waals surface area (Å²) in [6.45, 7) is 1.05. The first-order valence-corrected chi connectivity index (χ1v) is 5.27. The van der Waals surface area contributed by atoms with Crippen molar-refractivity contribution in [3.63, 3.8) is 0 Å². The number of piperidine rings is 1. The van der Waals surface area contributed by atoms with Crippen LogP contribution >= 0.6 is 0 Å². The molecule has 0 atom stereocenters. The molecule has 2 rings (SSSR count). The molecular formula is C11H11F3N2O. The van der Waals surface area contributed by atoms with E-state index in [0.29, 0.717) is 31.7 Å². The lowest BCUT2D eigenvalue weighted by Gasteiger charge is -2.27. The lowest BCUT2D eigenvalue weighted by Crippen LogP contribution is -2.34. The Hall–Kier alpha value is -1.59. The van der Waals surface area contributed by atoms with Crippen LogP contribution in [-0.4, -0.2) is 23.9 Å². The zero-order chi connectivity index (χ0) is 12.5. The number of alkyl halides is 3. The van der Waals surface area contributed by atoms with Crippen LogP contribution in [-0.2, 0) is 11.0 Å². The van der Waals surface area contributed by atoms with E-state index in [1.807, 2.05) is 4.90 Å². The lowest BCUT2D eigenvalue weighted by atomic mass is 10.1. The second-order valence-corrected chi connectivity index (χ2v) is 3.93. The Morgan fingerprint density at radius 3 is 2.29 bits per heavy atom. The fraction of sp³-hybridized carbons (Fsp3) is 0.455. The molecule has 0 aromatic carbocycles. The Labute approximate surface area is 96.3 Å². The first-order valence-electron chi connectivity index (χ1n) is 5.27. The number of carbonyl (C=O) groups is 1. The number of Topliss-reactive ketones (excluding diaryl/α,β-unsaturated/α-hetero) is 1. The van der Waals surface area contributed by atoms with Gasteiger partial charge in [-0.2, -0.15) is 13.2 Å². The van der Waals surface area contributed by atoms with Crippen LogP contribution in [0.1, 0.15) is 18.4 Å². The molecule has 0 unspecified atom stereocenters. The Morgan fingerprint density at radius 1 is 1.18 bits per heavy atom. The van der Waals surface area contributed by atoms with E-state index in [0.717, 1.165) is 12.3 Å². The van der Waals surface area contributed by atoms with Crippen LogP contribution in [0.25, 0.3) is 0 Å². The summed E-state index contributed by atoms with van der Waals surface area (Å²) >= 11 is 0. The molecule has 1 aromatic heterocycles. The van der Waals surface area contributed by atoms with Crippen LogP contribution in [0, 0.1) is 0 Å². The van der Waals surface area contributed by atoms with Crippen molar-refractivity contribution in [2.75, 3.05) is 18.0 Å². The summed E-state index contributed by atoms with van der Waals surface area (Å²) in [4.78, 5) is 16.6. The van der Waals surface area contributed by atoms with Gasteiger partial charge in [0.1, 0.15) is 11.6 Å². The predicted octanol–water partition coefficient (Wildman–Crippen LogP) is 2.27. The number of hydrogen-bond acceptors (Lipinski definition) is 3. The highest BCUT2D eigenvalue weighted by molar-refractivity contribution is 5.80. The maximum Gasteiger partial charge on any atom is 0.417 e. The molecule has 6 heteroatoms. The zero-order valence-electron chi connectivity index (χ0n) is 9.00. The highest BCUT2D eigenvalue weighted by atomic mass is 19.4. The Morgan fingerprint density at radius 2 is 1.82 bits per heavy atom. The van der Waals surface area contributed by atoms with Crippen molar-refractivity contribution in [1.29, 1.82) is 0 Å². The summed E-state index contributed by atoms with van der Waals surface area (Å²) in [6.07, 6.45) is -2.67. The molecular weight excluding hydrogens is 233 g/mol. The molecule has 1 saturated heterocycles. The number of pyridine rings is 1. The van der Waals surface area contributed by atoms with Crippen molar-refractivity contribution < 1.29 is 18.0 Å². The number of rotatable bonds is 1. The van der Waals surface area contributed by atoms with Gasteiger partial charge in [-0.3, -0.25) is 4.79 Å². The predicted molar refractivity (Wildman–Crippen MR) is 55.7 cm³/mol. The van der Waals surface area contributed by atoms with Crippen LogP contribution < -0.4 is 4.90 Å². The highest BCUT2D eigenvalue weighted by Gasteiger charge is 2.31. The van der Waals surface area contributed by atoms with Crippen LogP contribution in [0.3, 0.4) is 0 Å². The van der Waals surface area contributed by atoms with Gasteiger partial charge in [0.15, 0.2) is 0 Å². The normalized spacial score (nSPS) is 17.4. The second-order valence-electron chi connectivity index (χ2n) is 3.93. The number of carbonyl (C=O) groups excluding carboxylic acids is 1. The number of aromatic nitrogens is 1. The SMILES string of the molecule is O=C1CCN(c2ccc(C(F)(F)F)cn2)CC1. The number of nitrogens with zero attached hydrogens (tertiary/aromatic N) is 2. The molecule has 0 amide bonds. The Balaban J connectivity index is 2.10. The topological polar surface area (TPSA) is 33.2 Å². The van der Waals surface area contributed by atoms with E-state index in [1.54, 1.807) is 0 Å². The minimum Gasteiger partial charge on any atom is -0.356 e. The maximum absolute atomic E-state index is 12.3. The Bertz CT molecular complexity index is 404. The average molecular weight is 244 g/mol. The molecule has 1 aliphatic heterocycles. The first-order chi connectivity index (χ1) is 7.97. The first kappa shape index (κ1) is 11.9. The third kappa shape index (κ3) is 2.75. The summed E-state index contributed by atoms with van der Waals surface area (Å²) in [5, 5.41) is 0. The molecule has 0 saturated carbocycles. The van der Waals surface area contributed by atoms with Crippen molar-refractivity contribution in [2.24, 2.45) is 0 Å². The summed E-state index contributed by atoms with van der Waals surface area (Å²) in [5.41, 5.74) is -0.755. The average Bonchev–Trinajstić information content (AvgIpc) is 2.29. The van der Waals surface area contributed by atoms with Gasteiger partial charge in [-0.15, -0.1) is 0 Å². The molecule has 1 aliphatic rings. The minimum atomic E-state index is -4.36. The Kier molecular flexibility index (Phi) is 3.04. The molecule has 1 fully saturated rings. The van der Waals surface area contributed by atoms with Crippen molar-refractivity contribution >= 4 is 11.6 Å². The van der Waals surface area contributed by atoms with E-state index < -0.39 is 11.7 Å². The highest BCUT2D eigenvalue weighted by Crippen LogP contribution is 2.29. The van der Waals surface area contributed by atoms with Gasteiger partial charge < -0.3 is 4.90 Å². The summed E-state index contributed by atoms with van der Waals surface area (Å²) < 4.78 is 36.9. The number of halogens is 3. The van der Waals surface area contributed by atoms with Gasteiger partial charge in [0.2, 0.25) is 0 Å². The van der Waals surface area contributed by atoms with Crippen LogP contribution in [0.4, 0.5) is 19.0 Å². The molecule has 0 spiro atoms. The van der Waals surface area contributed by atoms with Crippen molar-refractivity contribution in [2.45, 2.75) is 19.0 Å². The third-order valence-electron chi connectivity index (χ3n) is 2.72. The molecule has 92 valence electrons. The number of anilines is 1. The van der Waals surface area contributed by atoms with E-state index in [2.05, 4.69) is 4.98 Å². The van der Waals surface area contributed by atoms with Crippen LogP contribution in [0.15, 0.2) is 18.3 Å². The van der Waals surface area contributed by atoms with Gasteiger partial charge in [-0.25, -0.2) is 4.98 Å². The summed E-state index contributed by atoms with van der Waals surface area (Å²) in [7, 11) is 0. The number of ketones is 1. The minimum absolute atomic E-state index is 0.188. The molecule has 0 aliphatic carbocycles. The van der Waals surface area contributed by atoms with E-state index in [-0.39, 0.29) is 5.78 Å².